The first-order valence-electron chi connectivity index (χ1n) is 7.48. The van der Waals surface area contributed by atoms with Gasteiger partial charge < -0.3 is 20.1 Å². The molecule has 1 aliphatic rings. The number of guanidine groups is 1. The third-order valence-corrected chi connectivity index (χ3v) is 3.51. The fraction of sp³-hybridized carbons (Fsp3) is 0.562. The van der Waals surface area contributed by atoms with Gasteiger partial charge in [-0.1, -0.05) is 6.92 Å². The Kier molecular flexibility index (Phi) is 5.31. The van der Waals surface area contributed by atoms with Gasteiger partial charge in [0.05, 0.1) is 7.11 Å². The SMILES string of the molecule is CCCNC(=NC)NCc1cc2c(cc1OC)CC(C)O2. The van der Waals surface area contributed by atoms with Gasteiger partial charge in [-0.15, -0.1) is 0 Å². The van der Waals surface area contributed by atoms with Crippen LogP contribution in [0.3, 0.4) is 0 Å². The normalized spacial score (nSPS) is 17.1. The van der Waals surface area contributed by atoms with Crippen LogP contribution in [0.15, 0.2) is 17.1 Å². The Balaban J connectivity index is 2.07. The minimum Gasteiger partial charge on any atom is -0.496 e. The lowest BCUT2D eigenvalue weighted by atomic mass is 10.1. The highest BCUT2D eigenvalue weighted by atomic mass is 16.5. The molecule has 1 aromatic carbocycles. The fourth-order valence-electron chi connectivity index (χ4n) is 2.45. The summed E-state index contributed by atoms with van der Waals surface area (Å²) < 4.78 is 11.3. The Labute approximate surface area is 126 Å². The van der Waals surface area contributed by atoms with Gasteiger partial charge in [0.15, 0.2) is 5.96 Å². The van der Waals surface area contributed by atoms with Crippen LogP contribution < -0.4 is 20.1 Å². The van der Waals surface area contributed by atoms with Gasteiger partial charge in [-0.25, -0.2) is 0 Å². The lowest BCUT2D eigenvalue weighted by Gasteiger charge is -2.14. The van der Waals surface area contributed by atoms with Gasteiger partial charge in [0.2, 0.25) is 0 Å². The summed E-state index contributed by atoms with van der Waals surface area (Å²) in [6.07, 6.45) is 2.25. The van der Waals surface area contributed by atoms with Crippen LogP contribution >= 0.6 is 0 Å². The van der Waals surface area contributed by atoms with Crippen molar-refractivity contribution >= 4 is 5.96 Å². The molecule has 1 aliphatic heterocycles. The largest absolute Gasteiger partial charge is 0.496 e. The molecule has 0 radical (unpaired) electrons. The zero-order chi connectivity index (χ0) is 15.2. The molecule has 0 spiro atoms. The number of benzene rings is 1. The highest BCUT2D eigenvalue weighted by Crippen LogP contribution is 2.34. The summed E-state index contributed by atoms with van der Waals surface area (Å²) in [6.45, 7) is 5.77. The Morgan fingerprint density at radius 2 is 2.24 bits per heavy atom. The molecular weight excluding hydrogens is 266 g/mol. The quantitative estimate of drug-likeness (QED) is 0.644. The average molecular weight is 291 g/mol. The van der Waals surface area contributed by atoms with Gasteiger partial charge in [-0.2, -0.15) is 0 Å². The van der Waals surface area contributed by atoms with E-state index in [9.17, 15) is 0 Å². The molecule has 1 unspecified atom stereocenters. The van der Waals surface area contributed by atoms with Crippen molar-refractivity contribution in [3.05, 3.63) is 23.3 Å². The van der Waals surface area contributed by atoms with Crippen LogP contribution in [-0.4, -0.2) is 32.8 Å². The maximum absolute atomic E-state index is 5.82. The third kappa shape index (κ3) is 3.80. The van der Waals surface area contributed by atoms with E-state index in [0.717, 1.165) is 42.4 Å². The summed E-state index contributed by atoms with van der Waals surface area (Å²) in [5, 5.41) is 6.55. The second kappa shape index (κ2) is 7.20. The highest BCUT2D eigenvalue weighted by molar-refractivity contribution is 5.79. The van der Waals surface area contributed by atoms with Gasteiger partial charge in [0, 0.05) is 37.7 Å². The first-order valence-corrected chi connectivity index (χ1v) is 7.48. The fourth-order valence-corrected chi connectivity index (χ4v) is 2.45. The molecule has 0 aromatic heterocycles. The topological polar surface area (TPSA) is 54.9 Å². The van der Waals surface area contributed by atoms with Crippen molar-refractivity contribution in [3.63, 3.8) is 0 Å². The molecule has 1 atom stereocenters. The van der Waals surface area contributed by atoms with E-state index in [4.69, 9.17) is 9.47 Å². The summed E-state index contributed by atoms with van der Waals surface area (Å²) in [4.78, 5) is 4.20. The van der Waals surface area contributed by atoms with E-state index < -0.39 is 0 Å². The van der Waals surface area contributed by atoms with E-state index in [-0.39, 0.29) is 6.10 Å². The molecule has 0 aliphatic carbocycles. The Hall–Kier alpha value is -1.91. The highest BCUT2D eigenvalue weighted by Gasteiger charge is 2.21. The predicted molar refractivity (Wildman–Crippen MR) is 85.3 cm³/mol. The van der Waals surface area contributed by atoms with Crippen LogP contribution in [0.2, 0.25) is 0 Å². The molecule has 1 aromatic rings. The van der Waals surface area contributed by atoms with E-state index in [0.29, 0.717) is 6.54 Å². The van der Waals surface area contributed by atoms with E-state index in [1.807, 2.05) is 0 Å². The number of hydrogen-bond donors (Lipinski definition) is 2. The lowest BCUT2D eigenvalue weighted by molar-refractivity contribution is 0.254. The molecule has 0 fully saturated rings. The molecule has 2 N–H and O–H groups in total. The smallest absolute Gasteiger partial charge is 0.191 e. The third-order valence-electron chi connectivity index (χ3n) is 3.51. The molecule has 116 valence electrons. The van der Waals surface area contributed by atoms with Gasteiger partial charge in [0.25, 0.3) is 0 Å². The summed E-state index contributed by atoms with van der Waals surface area (Å²) in [5.41, 5.74) is 2.29. The monoisotopic (exact) mass is 291 g/mol. The number of nitrogens with one attached hydrogen (secondary N) is 2. The maximum atomic E-state index is 5.82. The first-order chi connectivity index (χ1) is 10.2. The summed E-state index contributed by atoms with van der Waals surface area (Å²) in [5.74, 6) is 2.66. The molecule has 0 amide bonds. The Morgan fingerprint density at radius 3 is 2.90 bits per heavy atom. The second-order valence-corrected chi connectivity index (χ2v) is 5.26. The van der Waals surface area contributed by atoms with E-state index >= 15 is 0 Å². The van der Waals surface area contributed by atoms with Crippen molar-refractivity contribution in [2.45, 2.75) is 39.3 Å². The minimum absolute atomic E-state index is 0.243. The second-order valence-electron chi connectivity index (χ2n) is 5.26. The van der Waals surface area contributed by atoms with Crippen molar-refractivity contribution in [1.82, 2.24) is 10.6 Å². The standard InChI is InChI=1S/C16H25N3O2/c1-5-6-18-16(17-3)19-10-13-9-15-12(7-11(2)21-15)8-14(13)20-4/h8-9,11H,5-7,10H2,1-4H3,(H2,17,18,19). The van der Waals surface area contributed by atoms with Crippen LogP contribution in [0.5, 0.6) is 11.5 Å². The van der Waals surface area contributed by atoms with Crippen LogP contribution in [-0.2, 0) is 13.0 Å². The molecule has 0 saturated carbocycles. The van der Waals surface area contributed by atoms with E-state index in [1.54, 1.807) is 14.2 Å². The lowest BCUT2D eigenvalue weighted by Crippen LogP contribution is -2.37. The Morgan fingerprint density at radius 1 is 1.43 bits per heavy atom. The number of aliphatic imine (C=N–C) groups is 1. The van der Waals surface area contributed by atoms with Gasteiger partial charge >= 0.3 is 0 Å². The summed E-state index contributed by atoms with van der Waals surface area (Å²) >= 11 is 0. The summed E-state index contributed by atoms with van der Waals surface area (Å²) in [7, 11) is 3.48. The van der Waals surface area contributed by atoms with Gasteiger partial charge in [0.1, 0.15) is 17.6 Å². The molecule has 2 rings (SSSR count). The Bertz CT molecular complexity index is 514. The zero-order valence-corrected chi connectivity index (χ0v) is 13.3. The number of fused-ring (bicyclic) bond motifs is 1. The molecular formula is C16H25N3O2. The van der Waals surface area contributed by atoms with E-state index in [1.165, 1.54) is 5.56 Å². The van der Waals surface area contributed by atoms with Gasteiger partial charge in [-0.3, -0.25) is 4.99 Å². The molecule has 0 bridgehead atoms. The number of methoxy groups -OCH3 is 1. The van der Waals surface area contributed by atoms with Crippen molar-refractivity contribution < 1.29 is 9.47 Å². The van der Waals surface area contributed by atoms with Crippen LogP contribution in [0.25, 0.3) is 0 Å². The van der Waals surface area contributed by atoms with Crippen molar-refractivity contribution in [3.8, 4) is 11.5 Å². The number of nitrogens with zero attached hydrogens (tertiary/aromatic N) is 1. The molecule has 5 heteroatoms. The minimum atomic E-state index is 0.243. The molecule has 0 saturated heterocycles. The van der Waals surface area contributed by atoms with Gasteiger partial charge in [-0.05, 0) is 25.5 Å². The molecule has 21 heavy (non-hydrogen) atoms. The number of hydrogen-bond acceptors (Lipinski definition) is 3. The molecule has 1 heterocycles. The number of rotatable bonds is 5. The van der Waals surface area contributed by atoms with Crippen LogP contribution in [0.4, 0.5) is 0 Å². The van der Waals surface area contributed by atoms with Crippen LogP contribution in [0, 0.1) is 0 Å². The van der Waals surface area contributed by atoms with Crippen molar-refractivity contribution in [2.24, 2.45) is 4.99 Å². The first kappa shape index (κ1) is 15.5. The van der Waals surface area contributed by atoms with Crippen molar-refractivity contribution in [1.29, 1.82) is 0 Å². The van der Waals surface area contributed by atoms with Crippen molar-refractivity contribution in [2.75, 3.05) is 20.7 Å². The predicted octanol–water partition coefficient (Wildman–Crippen LogP) is 2.09. The van der Waals surface area contributed by atoms with Crippen LogP contribution in [0.1, 0.15) is 31.4 Å². The average Bonchev–Trinajstić information content (AvgIpc) is 2.85. The number of ether oxygens (including phenoxy) is 2. The zero-order valence-electron chi connectivity index (χ0n) is 13.3. The summed E-state index contributed by atoms with van der Waals surface area (Å²) in [6, 6.07) is 4.15. The maximum Gasteiger partial charge on any atom is 0.191 e. The van der Waals surface area contributed by atoms with E-state index in [2.05, 4.69) is 41.6 Å². The molecule has 5 nitrogen and oxygen atoms in total.